The molecule has 1 aliphatic rings. The average molecular weight is 308 g/mol. The molecule has 0 bridgehead atoms. The molecule has 1 N–H and O–H groups in total. The zero-order valence-corrected chi connectivity index (χ0v) is 12.6. The quantitative estimate of drug-likeness (QED) is 0.923. The first-order valence-electron chi connectivity index (χ1n) is 6.53. The highest BCUT2D eigenvalue weighted by molar-refractivity contribution is 7.15. The molecule has 20 heavy (non-hydrogen) atoms. The maximum atomic E-state index is 12.1. The zero-order chi connectivity index (χ0) is 14.1. The fraction of sp³-hybridized carbons (Fsp3) is 0.357. The Morgan fingerprint density at radius 3 is 3.20 bits per heavy atom. The summed E-state index contributed by atoms with van der Waals surface area (Å²) in [5, 5.41) is 3.95. The average Bonchev–Trinajstić information content (AvgIpc) is 2.80. The highest BCUT2D eigenvalue weighted by atomic mass is 35.5. The van der Waals surface area contributed by atoms with Crippen molar-refractivity contribution in [3.8, 4) is 0 Å². The van der Waals surface area contributed by atoms with Crippen molar-refractivity contribution in [2.75, 3.05) is 5.32 Å². The number of pyridine rings is 1. The molecule has 0 saturated carbocycles. The number of nitrogens with zero attached hydrogens (tertiary/aromatic N) is 2. The predicted molar refractivity (Wildman–Crippen MR) is 80.5 cm³/mol. The molecule has 1 atom stereocenters. The van der Waals surface area contributed by atoms with Crippen molar-refractivity contribution in [3.63, 3.8) is 0 Å². The van der Waals surface area contributed by atoms with Gasteiger partial charge >= 0.3 is 0 Å². The van der Waals surface area contributed by atoms with Crippen LogP contribution in [0, 0.1) is 5.92 Å². The van der Waals surface area contributed by atoms with Crippen molar-refractivity contribution >= 4 is 34.0 Å². The Balaban J connectivity index is 1.77. The lowest BCUT2D eigenvalue weighted by atomic mass is 9.93. The summed E-state index contributed by atoms with van der Waals surface area (Å²) in [6, 6.07) is 3.19. The van der Waals surface area contributed by atoms with Gasteiger partial charge in [-0.2, -0.15) is 0 Å². The predicted octanol–water partition coefficient (Wildman–Crippen LogP) is 3.57. The number of hydrogen-bond donors (Lipinski definition) is 1. The maximum absolute atomic E-state index is 12.1. The van der Waals surface area contributed by atoms with E-state index in [1.807, 2.05) is 0 Å². The van der Waals surface area contributed by atoms with Crippen LogP contribution in [-0.4, -0.2) is 15.9 Å². The van der Waals surface area contributed by atoms with Gasteiger partial charge in [-0.15, -0.1) is 11.3 Å². The lowest BCUT2D eigenvalue weighted by Crippen LogP contribution is -2.13. The monoisotopic (exact) mass is 307 g/mol. The number of hydrogen-bond acceptors (Lipinski definition) is 4. The number of thiazole rings is 1. The summed E-state index contributed by atoms with van der Waals surface area (Å²) in [5.41, 5.74) is 1.43. The van der Waals surface area contributed by atoms with E-state index in [1.165, 1.54) is 17.5 Å². The highest BCUT2D eigenvalue weighted by Crippen LogP contribution is 2.32. The molecule has 0 aromatic carbocycles. The first-order valence-corrected chi connectivity index (χ1v) is 7.73. The number of carbonyl (C=O) groups is 1. The molecule has 0 fully saturated rings. The molecule has 0 saturated heterocycles. The van der Waals surface area contributed by atoms with Crippen molar-refractivity contribution < 1.29 is 4.79 Å². The van der Waals surface area contributed by atoms with Crippen LogP contribution >= 0.6 is 22.9 Å². The Hall–Kier alpha value is -1.46. The minimum Gasteiger partial charge on any atom is -0.296 e. The molecule has 0 radical (unpaired) electrons. The van der Waals surface area contributed by atoms with E-state index >= 15 is 0 Å². The number of rotatable bonds is 2. The van der Waals surface area contributed by atoms with Crippen LogP contribution < -0.4 is 5.32 Å². The molecule has 1 unspecified atom stereocenters. The van der Waals surface area contributed by atoms with Crippen LogP contribution in [0.1, 0.15) is 34.4 Å². The van der Waals surface area contributed by atoms with Crippen LogP contribution in [0.3, 0.4) is 0 Å². The summed E-state index contributed by atoms with van der Waals surface area (Å²) in [4.78, 5) is 21.9. The van der Waals surface area contributed by atoms with Gasteiger partial charge in [0.15, 0.2) is 5.13 Å². The van der Waals surface area contributed by atoms with E-state index in [2.05, 4.69) is 22.2 Å². The van der Waals surface area contributed by atoms with Gasteiger partial charge in [0.1, 0.15) is 5.69 Å². The van der Waals surface area contributed by atoms with Crippen LogP contribution in [0.15, 0.2) is 18.3 Å². The third-order valence-electron chi connectivity index (χ3n) is 3.36. The third-order valence-corrected chi connectivity index (χ3v) is 4.63. The fourth-order valence-corrected chi connectivity index (χ4v) is 3.61. The highest BCUT2D eigenvalue weighted by Gasteiger charge is 2.20. The number of aromatic nitrogens is 2. The molecule has 1 aliphatic carbocycles. The van der Waals surface area contributed by atoms with E-state index < -0.39 is 0 Å². The summed E-state index contributed by atoms with van der Waals surface area (Å²) in [6.07, 6.45) is 4.74. The first-order chi connectivity index (χ1) is 9.61. The summed E-state index contributed by atoms with van der Waals surface area (Å²) in [7, 11) is 0. The Morgan fingerprint density at radius 2 is 2.40 bits per heavy atom. The second-order valence-corrected chi connectivity index (χ2v) is 6.57. The van der Waals surface area contributed by atoms with E-state index in [-0.39, 0.29) is 5.91 Å². The van der Waals surface area contributed by atoms with Gasteiger partial charge < -0.3 is 0 Å². The van der Waals surface area contributed by atoms with Crippen molar-refractivity contribution in [2.24, 2.45) is 5.92 Å². The molecule has 4 nitrogen and oxygen atoms in total. The van der Waals surface area contributed by atoms with Crippen molar-refractivity contribution in [2.45, 2.75) is 26.2 Å². The van der Waals surface area contributed by atoms with Gasteiger partial charge in [0, 0.05) is 16.1 Å². The molecule has 2 heterocycles. The maximum Gasteiger partial charge on any atom is 0.276 e. The molecule has 1 amide bonds. The van der Waals surface area contributed by atoms with Gasteiger partial charge in [0.05, 0.1) is 5.69 Å². The SMILES string of the molecule is CC1CCc2nc(NC(=O)c3cc(Cl)ccn3)sc2C1. The summed E-state index contributed by atoms with van der Waals surface area (Å²) < 4.78 is 0. The smallest absolute Gasteiger partial charge is 0.276 e. The van der Waals surface area contributed by atoms with E-state index in [0.29, 0.717) is 21.8 Å². The third kappa shape index (κ3) is 2.83. The number of amides is 1. The molecule has 2 aromatic heterocycles. The van der Waals surface area contributed by atoms with E-state index in [1.54, 1.807) is 23.5 Å². The minimum atomic E-state index is -0.272. The molecular formula is C14H14ClN3OS. The number of aryl methyl sites for hydroxylation is 1. The van der Waals surface area contributed by atoms with E-state index in [9.17, 15) is 4.79 Å². The zero-order valence-electron chi connectivity index (χ0n) is 11.0. The van der Waals surface area contributed by atoms with Gasteiger partial charge in [-0.1, -0.05) is 18.5 Å². The Kier molecular flexibility index (Phi) is 3.72. The van der Waals surface area contributed by atoms with E-state index in [4.69, 9.17) is 11.6 Å². The normalized spacial score (nSPS) is 17.6. The van der Waals surface area contributed by atoms with Crippen LogP contribution in [0.4, 0.5) is 5.13 Å². The van der Waals surface area contributed by atoms with Gasteiger partial charge in [-0.3, -0.25) is 15.1 Å². The van der Waals surface area contributed by atoms with Crippen LogP contribution in [0.2, 0.25) is 5.02 Å². The van der Waals surface area contributed by atoms with Crippen molar-refractivity contribution in [1.82, 2.24) is 9.97 Å². The Bertz CT molecular complexity index is 656. The lowest BCUT2D eigenvalue weighted by molar-refractivity contribution is 0.102. The van der Waals surface area contributed by atoms with Crippen LogP contribution in [-0.2, 0) is 12.8 Å². The van der Waals surface area contributed by atoms with Crippen molar-refractivity contribution in [1.29, 1.82) is 0 Å². The van der Waals surface area contributed by atoms with Crippen LogP contribution in [0.5, 0.6) is 0 Å². The fourth-order valence-electron chi connectivity index (χ4n) is 2.28. The Morgan fingerprint density at radius 1 is 1.55 bits per heavy atom. The number of fused-ring (bicyclic) bond motifs is 1. The van der Waals surface area contributed by atoms with Gasteiger partial charge in [0.25, 0.3) is 5.91 Å². The first kappa shape index (κ1) is 13.5. The van der Waals surface area contributed by atoms with Gasteiger partial charge in [-0.05, 0) is 37.3 Å². The Labute approximate surface area is 126 Å². The molecule has 6 heteroatoms. The molecule has 3 rings (SSSR count). The summed E-state index contributed by atoms with van der Waals surface area (Å²) in [5.74, 6) is 0.424. The van der Waals surface area contributed by atoms with Gasteiger partial charge in [0.2, 0.25) is 0 Å². The molecular weight excluding hydrogens is 294 g/mol. The number of halogens is 1. The second-order valence-electron chi connectivity index (χ2n) is 5.05. The summed E-state index contributed by atoms with van der Waals surface area (Å²) in [6.45, 7) is 2.25. The van der Waals surface area contributed by atoms with Gasteiger partial charge in [-0.25, -0.2) is 4.98 Å². The standard InChI is InChI=1S/C14H14ClN3OS/c1-8-2-3-10-12(6-8)20-14(17-10)18-13(19)11-7-9(15)4-5-16-11/h4-5,7-8H,2-3,6H2,1H3,(H,17,18,19). The molecule has 0 aliphatic heterocycles. The topological polar surface area (TPSA) is 54.9 Å². The molecule has 2 aromatic rings. The largest absolute Gasteiger partial charge is 0.296 e. The minimum absolute atomic E-state index is 0.272. The van der Waals surface area contributed by atoms with Crippen LogP contribution in [0.25, 0.3) is 0 Å². The number of anilines is 1. The van der Waals surface area contributed by atoms with Crippen molar-refractivity contribution in [3.05, 3.63) is 39.6 Å². The molecule has 0 spiro atoms. The lowest BCUT2D eigenvalue weighted by Gasteiger charge is -2.15. The number of nitrogens with one attached hydrogen (secondary N) is 1. The second kappa shape index (κ2) is 5.50. The molecule has 104 valence electrons. The number of carbonyl (C=O) groups excluding carboxylic acids is 1. The van der Waals surface area contributed by atoms with E-state index in [0.717, 1.165) is 18.5 Å². The summed E-state index contributed by atoms with van der Waals surface area (Å²) >= 11 is 7.42.